The van der Waals surface area contributed by atoms with Crippen molar-refractivity contribution in [2.45, 2.75) is 18.9 Å². The van der Waals surface area contributed by atoms with Gasteiger partial charge in [0.05, 0.1) is 20.1 Å². The first-order chi connectivity index (χ1) is 11.2. The maximum Gasteiger partial charge on any atom is 0.306 e. The highest BCUT2D eigenvalue weighted by atomic mass is 79.9. The predicted molar refractivity (Wildman–Crippen MR) is 89.8 cm³/mol. The third-order valence-corrected chi connectivity index (χ3v) is 4.29. The van der Waals surface area contributed by atoms with Crippen LogP contribution in [0.1, 0.15) is 23.5 Å². The summed E-state index contributed by atoms with van der Waals surface area (Å²) in [5.41, 5.74) is 2.12. The van der Waals surface area contributed by atoms with E-state index < -0.39 is 0 Å². The lowest BCUT2D eigenvalue weighted by Gasteiger charge is -2.09. The van der Waals surface area contributed by atoms with Crippen molar-refractivity contribution in [3.8, 4) is 11.5 Å². The zero-order valence-electron chi connectivity index (χ0n) is 12.8. The standard InChI is InChI=1S/C18H17BrO4/c1-21-18(20)8-13-11-23-17-9-15(5-6-16(13)17)22-10-12-3-2-4-14(19)7-12/h2-7,9,13H,8,10-11H2,1H3. The molecule has 0 bridgehead atoms. The topological polar surface area (TPSA) is 44.8 Å². The van der Waals surface area contributed by atoms with E-state index in [1.807, 2.05) is 42.5 Å². The van der Waals surface area contributed by atoms with Crippen molar-refractivity contribution in [2.24, 2.45) is 0 Å². The van der Waals surface area contributed by atoms with Crippen LogP contribution in [0.25, 0.3) is 0 Å². The van der Waals surface area contributed by atoms with Crippen molar-refractivity contribution < 1.29 is 19.0 Å². The Morgan fingerprint density at radius 1 is 1.30 bits per heavy atom. The third kappa shape index (κ3) is 3.85. The summed E-state index contributed by atoms with van der Waals surface area (Å²) in [7, 11) is 1.40. The molecule has 5 heteroatoms. The van der Waals surface area contributed by atoms with Crippen LogP contribution in [0.2, 0.25) is 0 Å². The number of hydrogen-bond acceptors (Lipinski definition) is 4. The van der Waals surface area contributed by atoms with E-state index >= 15 is 0 Å². The minimum Gasteiger partial charge on any atom is -0.492 e. The van der Waals surface area contributed by atoms with E-state index in [0.29, 0.717) is 19.6 Å². The summed E-state index contributed by atoms with van der Waals surface area (Å²) in [6, 6.07) is 13.8. The third-order valence-electron chi connectivity index (χ3n) is 3.80. The van der Waals surface area contributed by atoms with Gasteiger partial charge in [-0.2, -0.15) is 0 Å². The molecule has 4 nitrogen and oxygen atoms in total. The smallest absolute Gasteiger partial charge is 0.306 e. The van der Waals surface area contributed by atoms with Crippen LogP contribution in [0.15, 0.2) is 46.9 Å². The van der Waals surface area contributed by atoms with Crippen LogP contribution in [0.4, 0.5) is 0 Å². The normalized spacial score (nSPS) is 15.7. The van der Waals surface area contributed by atoms with Crippen LogP contribution in [0.3, 0.4) is 0 Å². The lowest BCUT2D eigenvalue weighted by Crippen LogP contribution is -2.09. The number of halogens is 1. The Hall–Kier alpha value is -2.01. The number of esters is 1. The Morgan fingerprint density at radius 3 is 2.96 bits per heavy atom. The number of ether oxygens (including phenoxy) is 3. The Kier molecular flexibility index (Phi) is 4.86. The first-order valence-corrected chi connectivity index (χ1v) is 8.16. The van der Waals surface area contributed by atoms with Crippen LogP contribution >= 0.6 is 15.9 Å². The molecule has 1 atom stereocenters. The zero-order chi connectivity index (χ0) is 16.2. The van der Waals surface area contributed by atoms with Gasteiger partial charge in [-0.3, -0.25) is 4.79 Å². The molecule has 2 aromatic rings. The number of carbonyl (C=O) groups is 1. The first kappa shape index (κ1) is 15.9. The summed E-state index contributed by atoms with van der Waals surface area (Å²) in [5.74, 6) is 1.37. The van der Waals surface area contributed by atoms with E-state index in [2.05, 4.69) is 15.9 Å². The highest BCUT2D eigenvalue weighted by Crippen LogP contribution is 2.38. The lowest BCUT2D eigenvalue weighted by atomic mass is 9.98. The average Bonchev–Trinajstić information content (AvgIpc) is 2.95. The molecule has 0 amide bonds. The van der Waals surface area contributed by atoms with Gasteiger partial charge in [0, 0.05) is 22.0 Å². The molecule has 0 fully saturated rings. The number of fused-ring (bicyclic) bond motifs is 1. The van der Waals surface area contributed by atoms with Crippen molar-refractivity contribution in [3.05, 3.63) is 58.1 Å². The molecular weight excluding hydrogens is 360 g/mol. The van der Waals surface area contributed by atoms with Gasteiger partial charge in [-0.05, 0) is 23.8 Å². The summed E-state index contributed by atoms with van der Waals surface area (Å²) in [4.78, 5) is 11.4. The number of rotatable bonds is 5. The van der Waals surface area contributed by atoms with Gasteiger partial charge in [0.1, 0.15) is 18.1 Å². The van der Waals surface area contributed by atoms with E-state index in [1.54, 1.807) is 0 Å². The summed E-state index contributed by atoms with van der Waals surface area (Å²) in [6.07, 6.45) is 0.335. The molecule has 1 aliphatic heterocycles. The second-order valence-corrected chi connectivity index (χ2v) is 6.32. The second-order valence-electron chi connectivity index (χ2n) is 5.41. The van der Waals surface area contributed by atoms with Gasteiger partial charge in [0.2, 0.25) is 0 Å². The fourth-order valence-electron chi connectivity index (χ4n) is 2.59. The molecule has 0 saturated carbocycles. The minimum absolute atomic E-state index is 0.0524. The molecule has 1 aliphatic rings. The first-order valence-electron chi connectivity index (χ1n) is 7.36. The van der Waals surface area contributed by atoms with Gasteiger partial charge in [0.15, 0.2) is 0 Å². The van der Waals surface area contributed by atoms with Crippen LogP contribution in [-0.2, 0) is 16.1 Å². The van der Waals surface area contributed by atoms with Crippen molar-refractivity contribution in [1.29, 1.82) is 0 Å². The van der Waals surface area contributed by atoms with Gasteiger partial charge < -0.3 is 14.2 Å². The van der Waals surface area contributed by atoms with Gasteiger partial charge in [-0.25, -0.2) is 0 Å². The van der Waals surface area contributed by atoms with E-state index in [4.69, 9.17) is 14.2 Å². The number of carbonyl (C=O) groups excluding carboxylic acids is 1. The Labute approximate surface area is 143 Å². The number of hydrogen-bond donors (Lipinski definition) is 0. The van der Waals surface area contributed by atoms with Crippen molar-refractivity contribution in [3.63, 3.8) is 0 Å². The predicted octanol–water partition coefficient (Wildman–Crippen LogP) is 4.07. The molecule has 23 heavy (non-hydrogen) atoms. The number of methoxy groups -OCH3 is 1. The lowest BCUT2D eigenvalue weighted by molar-refractivity contribution is -0.141. The summed E-state index contributed by atoms with van der Waals surface area (Å²) >= 11 is 3.45. The minimum atomic E-state index is -0.221. The van der Waals surface area contributed by atoms with Crippen LogP contribution in [0.5, 0.6) is 11.5 Å². The molecule has 0 radical (unpaired) electrons. The fourth-order valence-corrected chi connectivity index (χ4v) is 3.04. The maximum absolute atomic E-state index is 11.4. The summed E-state index contributed by atoms with van der Waals surface area (Å²) in [6.45, 7) is 0.989. The molecule has 0 saturated heterocycles. The van der Waals surface area contributed by atoms with Gasteiger partial charge in [-0.1, -0.05) is 34.1 Å². The molecule has 0 N–H and O–H groups in total. The SMILES string of the molecule is COC(=O)CC1COc2cc(OCc3cccc(Br)c3)ccc21. The van der Waals surface area contributed by atoms with Crippen molar-refractivity contribution in [2.75, 3.05) is 13.7 Å². The monoisotopic (exact) mass is 376 g/mol. The summed E-state index contributed by atoms with van der Waals surface area (Å²) < 4.78 is 17.2. The molecule has 1 unspecified atom stereocenters. The highest BCUT2D eigenvalue weighted by molar-refractivity contribution is 9.10. The maximum atomic E-state index is 11.4. The molecule has 2 aromatic carbocycles. The van der Waals surface area contributed by atoms with E-state index in [0.717, 1.165) is 27.1 Å². The van der Waals surface area contributed by atoms with E-state index in [-0.39, 0.29) is 11.9 Å². The molecule has 3 rings (SSSR count). The fraction of sp³-hybridized carbons (Fsp3) is 0.278. The molecule has 0 aliphatic carbocycles. The molecule has 1 heterocycles. The quantitative estimate of drug-likeness (QED) is 0.737. The molecule has 0 aromatic heterocycles. The summed E-state index contributed by atoms with van der Waals surface area (Å²) in [5, 5.41) is 0. The zero-order valence-corrected chi connectivity index (χ0v) is 14.3. The molecule has 0 spiro atoms. The van der Waals surface area contributed by atoms with Crippen LogP contribution in [0, 0.1) is 0 Å². The highest BCUT2D eigenvalue weighted by Gasteiger charge is 2.27. The molecule has 120 valence electrons. The van der Waals surface area contributed by atoms with Crippen LogP contribution < -0.4 is 9.47 Å². The Bertz CT molecular complexity index is 714. The molecular formula is C18H17BrO4. The van der Waals surface area contributed by atoms with Crippen molar-refractivity contribution >= 4 is 21.9 Å². The average molecular weight is 377 g/mol. The Balaban J connectivity index is 1.66. The van der Waals surface area contributed by atoms with Gasteiger partial charge in [-0.15, -0.1) is 0 Å². The number of benzene rings is 2. The van der Waals surface area contributed by atoms with Gasteiger partial charge >= 0.3 is 5.97 Å². The van der Waals surface area contributed by atoms with Crippen LogP contribution in [-0.4, -0.2) is 19.7 Å². The van der Waals surface area contributed by atoms with Crippen molar-refractivity contribution in [1.82, 2.24) is 0 Å². The van der Waals surface area contributed by atoms with E-state index in [9.17, 15) is 4.79 Å². The largest absolute Gasteiger partial charge is 0.492 e. The Morgan fingerprint density at radius 2 is 2.17 bits per heavy atom. The van der Waals surface area contributed by atoms with E-state index in [1.165, 1.54) is 7.11 Å². The van der Waals surface area contributed by atoms with Gasteiger partial charge in [0.25, 0.3) is 0 Å². The second kappa shape index (κ2) is 7.04.